The molecule has 2 unspecified atom stereocenters. The van der Waals surface area contributed by atoms with Crippen LogP contribution in [0.15, 0.2) is 47.6 Å². The number of hydrogen-bond acceptors (Lipinski definition) is 5. The average molecular weight is 520 g/mol. The van der Waals surface area contributed by atoms with Crippen molar-refractivity contribution in [3.8, 4) is 5.75 Å². The maximum atomic E-state index is 13.7. The molecule has 0 aliphatic carbocycles. The van der Waals surface area contributed by atoms with Crippen LogP contribution < -0.4 is 10.1 Å². The zero-order chi connectivity index (χ0) is 26.1. The quantitative estimate of drug-likeness (QED) is 0.512. The normalized spacial score (nSPS) is 18.9. The number of aromatic carboxylic acids is 1. The summed E-state index contributed by atoms with van der Waals surface area (Å²) >= 11 is 5.92. The van der Waals surface area contributed by atoms with Crippen molar-refractivity contribution in [1.29, 1.82) is 0 Å². The van der Waals surface area contributed by atoms with Gasteiger partial charge in [-0.25, -0.2) is 13.6 Å². The summed E-state index contributed by atoms with van der Waals surface area (Å²) in [5, 5.41) is 15.8. The number of nitrogens with zero attached hydrogens (tertiary/aromatic N) is 2. The van der Waals surface area contributed by atoms with Crippen LogP contribution in [0.1, 0.15) is 34.5 Å². The molecule has 2 aromatic carbocycles. The molecule has 7 nitrogen and oxygen atoms in total. The third kappa shape index (κ3) is 5.81. The van der Waals surface area contributed by atoms with Crippen LogP contribution in [-0.2, 0) is 11.0 Å². The highest BCUT2D eigenvalue weighted by atomic mass is 35.5. The third-order valence-electron chi connectivity index (χ3n) is 5.27. The molecule has 1 amide bonds. The van der Waals surface area contributed by atoms with E-state index in [1.54, 1.807) is 6.92 Å². The molecule has 188 valence electrons. The molecular formula is C22H19ClF5N3O4. The zero-order valence-electron chi connectivity index (χ0n) is 18.2. The molecule has 1 aliphatic rings. The molecule has 1 heterocycles. The Balaban J connectivity index is 1.83. The van der Waals surface area contributed by atoms with Crippen LogP contribution in [0.3, 0.4) is 0 Å². The van der Waals surface area contributed by atoms with Gasteiger partial charge < -0.3 is 15.2 Å². The highest BCUT2D eigenvalue weighted by Crippen LogP contribution is 2.37. The van der Waals surface area contributed by atoms with Gasteiger partial charge >= 0.3 is 12.1 Å². The van der Waals surface area contributed by atoms with Crippen LogP contribution in [0.25, 0.3) is 0 Å². The number of carboxylic acid groups (broad SMARTS) is 1. The minimum Gasteiger partial charge on any atom is -0.478 e. The van der Waals surface area contributed by atoms with Crippen molar-refractivity contribution in [2.45, 2.75) is 31.8 Å². The summed E-state index contributed by atoms with van der Waals surface area (Å²) < 4.78 is 71.7. The molecule has 0 aromatic heterocycles. The van der Waals surface area contributed by atoms with Crippen LogP contribution in [0.5, 0.6) is 5.75 Å². The molecule has 2 N–H and O–H groups in total. The van der Waals surface area contributed by atoms with Crippen molar-refractivity contribution in [1.82, 2.24) is 10.3 Å². The number of amides is 1. The Morgan fingerprint density at radius 3 is 2.31 bits per heavy atom. The SMILES string of the molecule is C[C@H](NC(=O)C1C(C(F)F)=NN(C)C1Oc1ccc(C(F)(F)F)cc1Cl)c1ccc(C(=O)O)cc1. The van der Waals surface area contributed by atoms with Gasteiger partial charge in [0.2, 0.25) is 12.1 Å². The molecule has 0 fully saturated rings. The molecule has 0 saturated carbocycles. The van der Waals surface area contributed by atoms with E-state index in [-0.39, 0.29) is 11.3 Å². The largest absolute Gasteiger partial charge is 0.478 e. The molecule has 3 atom stereocenters. The van der Waals surface area contributed by atoms with Gasteiger partial charge in [0.1, 0.15) is 17.4 Å². The first-order chi connectivity index (χ1) is 16.3. The van der Waals surface area contributed by atoms with E-state index in [0.717, 1.165) is 11.1 Å². The van der Waals surface area contributed by atoms with Gasteiger partial charge in [-0.1, -0.05) is 23.7 Å². The van der Waals surface area contributed by atoms with Crippen molar-refractivity contribution in [3.05, 3.63) is 64.2 Å². The number of alkyl halides is 5. The predicted octanol–water partition coefficient (Wildman–Crippen LogP) is 4.82. The summed E-state index contributed by atoms with van der Waals surface area (Å²) in [5.74, 6) is -3.88. The number of ether oxygens (including phenoxy) is 1. The van der Waals surface area contributed by atoms with Gasteiger partial charge in [0.15, 0.2) is 0 Å². The smallest absolute Gasteiger partial charge is 0.416 e. The van der Waals surface area contributed by atoms with Gasteiger partial charge in [0, 0.05) is 7.05 Å². The fourth-order valence-corrected chi connectivity index (χ4v) is 3.68. The van der Waals surface area contributed by atoms with Crippen LogP contribution >= 0.6 is 11.6 Å². The van der Waals surface area contributed by atoms with Gasteiger partial charge in [-0.15, -0.1) is 0 Å². The Labute approximate surface area is 201 Å². The second-order valence-corrected chi connectivity index (χ2v) is 8.09. The van der Waals surface area contributed by atoms with E-state index < -0.39 is 59.0 Å². The van der Waals surface area contributed by atoms with Crippen LogP contribution in [0.2, 0.25) is 5.02 Å². The average Bonchev–Trinajstić information content (AvgIpc) is 3.10. The summed E-state index contributed by atoms with van der Waals surface area (Å²) in [5.41, 5.74) is -1.28. The van der Waals surface area contributed by atoms with Crippen LogP contribution in [-0.4, -0.2) is 47.4 Å². The van der Waals surface area contributed by atoms with E-state index in [2.05, 4.69) is 10.4 Å². The Bertz CT molecular complexity index is 1140. The fraction of sp³-hybridized carbons (Fsp3) is 0.318. The molecule has 13 heteroatoms. The molecule has 0 spiro atoms. The standard InChI is InChI=1S/C22H19ClF5N3O4/c1-10(11-3-5-12(6-4-11)21(33)34)29-19(32)16-17(18(24)25)30-31(2)20(16)35-15-8-7-13(9-14(15)23)22(26,27)28/h3-10,16,18,20H,1-2H3,(H,29,32)(H,33,34)/t10-,16?,20?/m0/s1. The Morgan fingerprint density at radius 1 is 1.17 bits per heavy atom. The third-order valence-corrected chi connectivity index (χ3v) is 5.57. The van der Waals surface area contributed by atoms with Gasteiger partial charge in [-0.3, -0.25) is 9.80 Å². The van der Waals surface area contributed by atoms with E-state index in [9.17, 15) is 31.5 Å². The highest BCUT2D eigenvalue weighted by Gasteiger charge is 2.46. The lowest BCUT2D eigenvalue weighted by Gasteiger charge is -2.27. The van der Waals surface area contributed by atoms with Gasteiger partial charge in [-0.05, 0) is 42.8 Å². The summed E-state index contributed by atoms with van der Waals surface area (Å²) in [6.45, 7) is 1.56. The molecular weight excluding hydrogens is 501 g/mol. The maximum Gasteiger partial charge on any atom is 0.416 e. The minimum absolute atomic E-state index is 0.0266. The number of hydrazone groups is 1. The van der Waals surface area contributed by atoms with E-state index in [4.69, 9.17) is 21.4 Å². The Kier molecular flexibility index (Phi) is 7.53. The number of carboxylic acids is 1. The molecule has 0 bridgehead atoms. The topological polar surface area (TPSA) is 91.2 Å². The number of benzene rings is 2. The van der Waals surface area contributed by atoms with Crippen molar-refractivity contribution in [3.63, 3.8) is 0 Å². The van der Waals surface area contributed by atoms with Gasteiger partial charge in [0.05, 0.1) is 22.2 Å². The van der Waals surface area contributed by atoms with E-state index >= 15 is 0 Å². The van der Waals surface area contributed by atoms with E-state index in [0.29, 0.717) is 17.7 Å². The van der Waals surface area contributed by atoms with E-state index in [1.165, 1.54) is 31.3 Å². The monoisotopic (exact) mass is 519 g/mol. The first kappa shape index (κ1) is 26.2. The number of nitrogens with one attached hydrogen (secondary N) is 1. The lowest BCUT2D eigenvalue weighted by Crippen LogP contribution is -2.47. The van der Waals surface area contributed by atoms with E-state index in [1.807, 2.05) is 0 Å². The second kappa shape index (κ2) is 10.1. The first-order valence-corrected chi connectivity index (χ1v) is 10.4. The minimum atomic E-state index is -4.65. The van der Waals surface area contributed by atoms with Crippen molar-refractivity contribution >= 4 is 29.2 Å². The summed E-state index contributed by atoms with van der Waals surface area (Å²) in [7, 11) is 1.27. The summed E-state index contributed by atoms with van der Waals surface area (Å²) in [6.07, 6.45) is -9.19. The maximum absolute atomic E-state index is 13.7. The number of carbonyl (C=O) groups excluding carboxylic acids is 1. The molecule has 0 saturated heterocycles. The number of rotatable bonds is 7. The second-order valence-electron chi connectivity index (χ2n) is 7.69. The number of carbonyl (C=O) groups is 2. The molecule has 35 heavy (non-hydrogen) atoms. The molecule has 3 rings (SSSR count). The van der Waals surface area contributed by atoms with Gasteiger partial charge in [0.25, 0.3) is 6.43 Å². The first-order valence-electron chi connectivity index (χ1n) is 10.1. The summed E-state index contributed by atoms with van der Waals surface area (Å²) in [6, 6.07) is 7.15. The molecule has 0 radical (unpaired) electrons. The molecule has 2 aromatic rings. The summed E-state index contributed by atoms with van der Waals surface area (Å²) in [4.78, 5) is 24.0. The highest BCUT2D eigenvalue weighted by molar-refractivity contribution is 6.32. The number of hydrogen-bond donors (Lipinski definition) is 2. The predicted molar refractivity (Wildman–Crippen MR) is 116 cm³/mol. The zero-order valence-corrected chi connectivity index (χ0v) is 18.9. The Morgan fingerprint density at radius 2 is 1.80 bits per heavy atom. The Hall–Kier alpha value is -3.41. The van der Waals surface area contributed by atoms with Crippen LogP contribution in [0, 0.1) is 5.92 Å². The fourth-order valence-electron chi connectivity index (χ4n) is 3.45. The number of halogens is 6. The van der Waals surface area contributed by atoms with Gasteiger partial charge in [-0.2, -0.15) is 18.3 Å². The van der Waals surface area contributed by atoms with Crippen LogP contribution in [0.4, 0.5) is 22.0 Å². The lowest BCUT2D eigenvalue weighted by molar-refractivity contribution is -0.137. The van der Waals surface area contributed by atoms with Crippen molar-refractivity contribution in [2.75, 3.05) is 7.05 Å². The lowest BCUT2D eigenvalue weighted by atomic mass is 9.99. The van der Waals surface area contributed by atoms with Crippen molar-refractivity contribution in [2.24, 2.45) is 11.0 Å². The van der Waals surface area contributed by atoms with Crippen molar-refractivity contribution < 1.29 is 41.4 Å². The molecule has 1 aliphatic heterocycles.